The number of hydrogen-bond donors (Lipinski definition) is 1. The molecular weight excluding hydrogens is 248 g/mol. The van der Waals surface area contributed by atoms with E-state index in [1.165, 1.54) is 0 Å². The zero-order valence-corrected chi connectivity index (χ0v) is 11.2. The second-order valence-electron chi connectivity index (χ2n) is 4.69. The number of halogens is 1. The van der Waals surface area contributed by atoms with Gasteiger partial charge in [-0.1, -0.05) is 29.8 Å². The van der Waals surface area contributed by atoms with Crippen LogP contribution in [0.3, 0.4) is 0 Å². The molecule has 0 atom stereocenters. The lowest BCUT2D eigenvalue weighted by atomic mass is 10.1. The van der Waals surface area contributed by atoms with Crippen molar-refractivity contribution in [1.82, 2.24) is 10.2 Å². The largest absolute Gasteiger partial charge is 0.315 e. The lowest BCUT2D eigenvalue weighted by Gasteiger charge is -2.18. The normalized spacial score (nSPS) is 17.4. The summed E-state index contributed by atoms with van der Waals surface area (Å²) < 4.78 is 0. The zero-order chi connectivity index (χ0) is 12.8. The number of carbonyl (C=O) groups excluding carboxylic acids is 1. The van der Waals surface area contributed by atoms with E-state index in [4.69, 9.17) is 11.6 Å². The van der Waals surface area contributed by atoms with Crippen molar-refractivity contribution in [3.05, 3.63) is 34.9 Å². The molecule has 0 aromatic heterocycles. The summed E-state index contributed by atoms with van der Waals surface area (Å²) >= 11 is 6.06. The highest BCUT2D eigenvalue weighted by atomic mass is 35.5. The minimum Gasteiger partial charge on any atom is -0.315 e. The van der Waals surface area contributed by atoms with Gasteiger partial charge in [-0.2, -0.15) is 0 Å². The molecule has 1 aromatic rings. The van der Waals surface area contributed by atoms with E-state index in [1.54, 1.807) is 0 Å². The summed E-state index contributed by atoms with van der Waals surface area (Å²) in [5, 5.41) is 4.02. The zero-order valence-electron chi connectivity index (χ0n) is 10.5. The number of ketones is 1. The molecule has 0 amide bonds. The van der Waals surface area contributed by atoms with Gasteiger partial charge < -0.3 is 5.32 Å². The Bertz CT molecular complexity index is 401. The summed E-state index contributed by atoms with van der Waals surface area (Å²) in [6, 6.07) is 7.56. The Balaban J connectivity index is 1.86. The van der Waals surface area contributed by atoms with Gasteiger partial charge in [-0.3, -0.25) is 9.69 Å². The standard InChI is InChI=1S/C14H19ClN2O/c15-14-5-2-1-4-12(14)10-13(18)11-17-8-3-6-16-7-9-17/h1-2,4-5,16H,3,6-11H2. The number of benzene rings is 1. The summed E-state index contributed by atoms with van der Waals surface area (Å²) in [5.74, 6) is 0.241. The second kappa shape index (κ2) is 6.88. The Hall–Kier alpha value is -0.900. The molecule has 0 aliphatic carbocycles. The molecule has 2 rings (SSSR count). The number of nitrogens with zero attached hydrogens (tertiary/aromatic N) is 1. The Morgan fingerprint density at radius 2 is 2.11 bits per heavy atom. The Morgan fingerprint density at radius 1 is 1.28 bits per heavy atom. The van der Waals surface area contributed by atoms with Crippen molar-refractivity contribution in [2.45, 2.75) is 12.8 Å². The third-order valence-corrected chi connectivity index (χ3v) is 3.55. The molecule has 0 radical (unpaired) electrons. The van der Waals surface area contributed by atoms with E-state index >= 15 is 0 Å². The van der Waals surface area contributed by atoms with Gasteiger partial charge in [-0.25, -0.2) is 0 Å². The molecular formula is C14H19ClN2O. The first-order chi connectivity index (χ1) is 8.75. The predicted octanol–water partition coefficient (Wildman–Crippen LogP) is 1.75. The average Bonchev–Trinajstić information content (AvgIpc) is 2.61. The van der Waals surface area contributed by atoms with E-state index in [0.717, 1.165) is 38.2 Å². The monoisotopic (exact) mass is 266 g/mol. The minimum atomic E-state index is 0.241. The SMILES string of the molecule is O=C(Cc1ccccc1Cl)CN1CCCNCC1. The van der Waals surface area contributed by atoms with Crippen LogP contribution in [0.25, 0.3) is 0 Å². The van der Waals surface area contributed by atoms with Crippen LogP contribution in [-0.4, -0.2) is 43.4 Å². The molecule has 0 unspecified atom stereocenters. The van der Waals surface area contributed by atoms with E-state index in [1.807, 2.05) is 24.3 Å². The molecule has 1 saturated heterocycles. The maximum atomic E-state index is 12.0. The number of hydrogen-bond acceptors (Lipinski definition) is 3. The van der Waals surface area contributed by atoms with Gasteiger partial charge in [0.2, 0.25) is 0 Å². The van der Waals surface area contributed by atoms with Gasteiger partial charge >= 0.3 is 0 Å². The molecule has 1 aromatic carbocycles. The molecule has 1 aliphatic rings. The second-order valence-corrected chi connectivity index (χ2v) is 5.09. The number of nitrogens with one attached hydrogen (secondary N) is 1. The summed E-state index contributed by atoms with van der Waals surface area (Å²) in [7, 11) is 0. The van der Waals surface area contributed by atoms with E-state index in [0.29, 0.717) is 18.0 Å². The molecule has 4 heteroatoms. The van der Waals surface area contributed by atoms with Crippen LogP contribution in [0.15, 0.2) is 24.3 Å². The minimum absolute atomic E-state index is 0.241. The summed E-state index contributed by atoms with van der Waals surface area (Å²) in [5.41, 5.74) is 0.928. The highest BCUT2D eigenvalue weighted by Crippen LogP contribution is 2.15. The fourth-order valence-electron chi connectivity index (χ4n) is 2.22. The maximum absolute atomic E-state index is 12.0. The number of carbonyl (C=O) groups is 1. The number of rotatable bonds is 4. The molecule has 1 N–H and O–H groups in total. The van der Waals surface area contributed by atoms with E-state index in [2.05, 4.69) is 10.2 Å². The van der Waals surface area contributed by atoms with Gasteiger partial charge in [0.1, 0.15) is 0 Å². The Morgan fingerprint density at radius 3 is 2.94 bits per heavy atom. The lowest BCUT2D eigenvalue weighted by Crippen LogP contribution is -2.33. The fraction of sp³-hybridized carbons (Fsp3) is 0.500. The average molecular weight is 267 g/mol. The van der Waals surface area contributed by atoms with Gasteiger partial charge in [0.25, 0.3) is 0 Å². The van der Waals surface area contributed by atoms with Crippen LogP contribution in [0.1, 0.15) is 12.0 Å². The highest BCUT2D eigenvalue weighted by Gasteiger charge is 2.13. The Kier molecular flexibility index (Phi) is 5.17. The van der Waals surface area contributed by atoms with Crippen molar-refractivity contribution >= 4 is 17.4 Å². The molecule has 0 saturated carbocycles. The fourth-order valence-corrected chi connectivity index (χ4v) is 2.42. The van der Waals surface area contributed by atoms with Crippen LogP contribution in [-0.2, 0) is 11.2 Å². The first kappa shape index (κ1) is 13.5. The van der Waals surface area contributed by atoms with Crippen LogP contribution < -0.4 is 5.32 Å². The van der Waals surface area contributed by atoms with Gasteiger partial charge in [0, 0.05) is 24.5 Å². The van der Waals surface area contributed by atoms with Crippen molar-refractivity contribution in [3.63, 3.8) is 0 Å². The van der Waals surface area contributed by atoms with Crippen LogP contribution in [0.2, 0.25) is 5.02 Å². The molecule has 0 spiro atoms. The molecule has 98 valence electrons. The topological polar surface area (TPSA) is 32.3 Å². The van der Waals surface area contributed by atoms with Crippen LogP contribution in [0.4, 0.5) is 0 Å². The molecule has 3 nitrogen and oxygen atoms in total. The molecule has 1 fully saturated rings. The van der Waals surface area contributed by atoms with Gasteiger partial charge in [0.05, 0.1) is 6.54 Å². The summed E-state index contributed by atoms with van der Waals surface area (Å²) in [6.45, 7) is 4.51. The third kappa shape index (κ3) is 4.09. The first-order valence-corrected chi connectivity index (χ1v) is 6.81. The van der Waals surface area contributed by atoms with Crippen LogP contribution >= 0.6 is 11.6 Å². The smallest absolute Gasteiger partial charge is 0.151 e. The first-order valence-electron chi connectivity index (χ1n) is 6.44. The summed E-state index contributed by atoms with van der Waals surface area (Å²) in [6.07, 6.45) is 1.54. The van der Waals surface area contributed by atoms with Crippen molar-refractivity contribution in [1.29, 1.82) is 0 Å². The Labute approximate surface area is 113 Å². The van der Waals surface area contributed by atoms with Crippen molar-refractivity contribution in [2.24, 2.45) is 0 Å². The highest BCUT2D eigenvalue weighted by molar-refractivity contribution is 6.31. The van der Waals surface area contributed by atoms with E-state index in [9.17, 15) is 4.79 Å². The van der Waals surface area contributed by atoms with Crippen molar-refractivity contribution < 1.29 is 4.79 Å². The lowest BCUT2D eigenvalue weighted by molar-refractivity contribution is -0.119. The van der Waals surface area contributed by atoms with Gasteiger partial charge in [0.15, 0.2) is 5.78 Å². The van der Waals surface area contributed by atoms with Crippen LogP contribution in [0, 0.1) is 0 Å². The maximum Gasteiger partial charge on any atom is 0.151 e. The molecule has 18 heavy (non-hydrogen) atoms. The van der Waals surface area contributed by atoms with Gasteiger partial charge in [-0.15, -0.1) is 0 Å². The molecule has 1 aliphatic heterocycles. The van der Waals surface area contributed by atoms with Gasteiger partial charge in [-0.05, 0) is 31.1 Å². The molecule has 0 bridgehead atoms. The quantitative estimate of drug-likeness (QED) is 0.901. The van der Waals surface area contributed by atoms with Crippen molar-refractivity contribution in [2.75, 3.05) is 32.7 Å². The van der Waals surface area contributed by atoms with Crippen molar-refractivity contribution in [3.8, 4) is 0 Å². The van der Waals surface area contributed by atoms with Crippen LogP contribution in [0.5, 0.6) is 0 Å². The number of Topliss-reactive ketones (excluding diaryl/α,β-unsaturated/α-hetero) is 1. The predicted molar refractivity (Wildman–Crippen MR) is 74.1 cm³/mol. The third-order valence-electron chi connectivity index (χ3n) is 3.18. The van der Waals surface area contributed by atoms with E-state index in [-0.39, 0.29) is 5.78 Å². The van der Waals surface area contributed by atoms with E-state index < -0.39 is 0 Å². The summed E-state index contributed by atoms with van der Waals surface area (Å²) in [4.78, 5) is 14.2. The molecule has 1 heterocycles.